The summed E-state index contributed by atoms with van der Waals surface area (Å²) >= 11 is 0. The first-order valence-corrected chi connectivity index (χ1v) is 6.44. The number of nitrogens with one attached hydrogen (secondary N) is 2. The van der Waals surface area contributed by atoms with E-state index in [-0.39, 0.29) is 18.1 Å². The molecule has 0 atom stereocenters. The van der Waals surface area contributed by atoms with Crippen molar-refractivity contribution in [2.24, 2.45) is 0 Å². The first-order chi connectivity index (χ1) is 9.72. The minimum atomic E-state index is -0.171. The molecule has 3 rings (SSSR count). The third kappa shape index (κ3) is 2.65. The molecule has 1 aliphatic rings. The van der Waals surface area contributed by atoms with Gasteiger partial charge in [-0.3, -0.25) is 9.89 Å². The fourth-order valence-corrected chi connectivity index (χ4v) is 2.24. The van der Waals surface area contributed by atoms with Crippen molar-refractivity contribution in [3.63, 3.8) is 0 Å². The van der Waals surface area contributed by atoms with Crippen molar-refractivity contribution in [2.45, 2.75) is 19.4 Å². The number of phenols is 1. The van der Waals surface area contributed by atoms with E-state index >= 15 is 0 Å². The fraction of sp³-hybridized carbons (Fsp3) is 0.286. The van der Waals surface area contributed by atoms with Crippen LogP contribution in [0.2, 0.25) is 0 Å². The average Bonchev–Trinajstić information content (AvgIpc) is 2.82. The van der Waals surface area contributed by atoms with Gasteiger partial charge in [-0.1, -0.05) is 12.1 Å². The molecular weight excluding hydrogens is 258 g/mol. The largest absolute Gasteiger partial charge is 0.508 e. The van der Waals surface area contributed by atoms with Crippen molar-refractivity contribution in [1.82, 2.24) is 10.2 Å². The molecule has 6 nitrogen and oxygen atoms in total. The van der Waals surface area contributed by atoms with Crippen LogP contribution in [0.25, 0.3) is 0 Å². The van der Waals surface area contributed by atoms with Gasteiger partial charge in [-0.2, -0.15) is 5.10 Å². The third-order valence-electron chi connectivity index (χ3n) is 3.23. The van der Waals surface area contributed by atoms with Crippen molar-refractivity contribution >= 4 is 11.7 Å². The predicted octanol–water partition coefficient (Wildman–Crippen LogP) is 1.37. The van der Waals surface area contributed by atoms with Crippen molar-refractivity contribution in [1.29, 1.82) is 0 Å². The number of rotatable bonds is 3. The van der Waals surface area contributed by atoms with E-state index in [4.69, 9.17) is 4.74 Å². The Hall–Kier alpha value is -2.34. The number of fused-ring (bicyclic) bond motifs is 1. The van der Waals surface area contributed by atoms with E-state index in [1.165, 1.54) is 0 Å². The maximum Gasteiger partial charge on any atom is 0.230 e. The zero-order chi connectivity index (χ0) is 13.9. The van der Waals surface area contributed by atoms with Gasteiger partial charge in [0.1, 0.15) is 5.75 Å². The molecule has 104 valence electrons. The number of nitrogens with zero attached hydrogens (tertiary/aromatic N) is 1. The van der Waals surface area contributed by atoms with Gasteiger partial charge in [0.05, 0.1) is 19.6 Å². The number of aromatic hydroxyl groups is 1. The summed E-state index contributed by atoms with van der Waals surface area (Å²) in [5, 5.41) is 19.2. The molecule has 0 saturated carbocycles. The number of aromatic nitrogens is 2. The highest BCUT2D eigenvalue weighted by atomic mass is 16.5. The lowest BCUT2D eigenvalue weighted by molar-refractivity contribution is -0.115. The smallest absolute Gasteiger partial charge is 0.230 e. The van der Waals surface area contributed by atoms with Gasteiger partial charge in [-0.25, -0.2) is 0 Å². The normalized spacial score (nSPS) is 13.8. The number of hydrogen-bond acceptors (Lipinski definition) is 4. The summed E-state index contributed by atoms with van der Waals surface area (Å²) in [6, 6.07) is 6.65. The Bertz CT molecular complexity index is 636. The van der Waals surface area contributed by atoms with Gasteiger partial charge >= 0.3 is 0 Å². The zero-order valence-corrected chi connectivity index (χ0v) is 10.8. The number of phenolic OH excluding ortho intramolecular Hbond substituents is 1. The Morgan fingerprint density at radius 3 is 3.25 bits per heavy atom. The molecule has 0 spiro atoms. The lowest BCUT2D eigenvalue weighted by atomic mass is 10.1. The molecule has 0 fully saturated rings. The number of aromatic amines is 1. The van der Waals surface area contributed by atoms with Gasteiger partial charge in [-0.15, -0.1) is 0 Å². The summed E-state index contributed by atoms with van der Waals surface area (Å²) in [4.78, 5) is 12.0. The highest BCUT2D eigenvalue weighted by molar-refractivity contribution is 5.92. The van der Waals surface area contributed by atoms with E-state index in [1.807, 2.05) is 0 Å². The summed E-state index contributed by atoms with van der Waals surface area (Å²) in [7, 11) is 0. The van der Waals surface area contributed by atoms with Crippen LogP contribution in [0, 0.1) is 0 Å². The first-order valence-electron chi connectivity index (χ1n) is 6.44. The molecule has 0 aliphatic carbocycles. The van der Waals surface area contributed by atoms with E-state index in [1.54, 1.807) is 24.3 Å². The number of ether oxygens (including phenoxy) is 1. The Morgan fingerprint density at radius 2 is 2.40 bits per heavy atom. The van der Waals surface area contributed by atoms with E-state index in [2.05, 4.69) is 15.5 Å². The van der Waals surface area contributed by atoms with E-state index in [9.17, 15) is 9.90 Å². The summed E-state index contributed by atoms with van der Waals surface area (Å²) in [6.45, 7) is 1.14. The Morgan fingerprint density at radius 1 is 1.50 bits per heavy atom. The van der Waals surface area contributed by atoms with E-state index in [0.717, 1.165) is 23.2 Å². The summed E-state index contributed by atoms with van der Waals surface area (Å²) in [6.07, 6.45) is 0.974. The summed E-state index contributed by atoms with van der Waals surface area (Å²) in [5.74, 6) is 0.515. The molecule has 2 heterocycles. The van der Waals surface area contributed by atoms with Crippen LogP contribution in [-0.2, 0) is 29.0 Å². The Balaban J connectivity index is 1.69. The molecule has 20 heavy (non-hydrogen) atoms. The molecule has 0 radical (unpaired) electrons. The Labute approximate surface area is 115 Å². The van der Waals surface area contributed by atoms with Crippen LogP contribution < -0.4 is 5.32 Å². The van der Waals surface area contributed by atoms with Gasteiger partial charge in [0.2, 0.25) is 5.91 Å². The summed E-state index contributed by atoms with van der Waals surface area (Å²) in [5.41, 5.74) is 2.69. The van der Waals surface area contributed by atoms with Gasteiger partial charge < -0.3 is 15.2 Å². The van der Waals surface area contributed by atoms with Crippen LogP contribution in [0.4, 0.5) is 5.82 Å². The second-order valence-electron chi connectivity index (χ2n) is 4.73. The van der Waals surface area contributed by atoms with Crippen LogP contribution in [0.5, 0.6) is 5.75 Å². The predicted molar refractivity (Wildman–Crippen MR) is 72.4 cm³/mol. The van der Waals surface area contributed by atoms with Gasteiger partial charge in [0.25, 0.3) is 0 Å². The highest BCUT2D eigenvalue weighted by Gasteiger charge is 2.18. The highest BCUT2D eigenvalue weighted by Crippen LogP contribution is 2.22. The average molecular weight is 273 g/mol. The molecule has 1 amide bonds. The fourth-order valence-electron chi connectivity index (χ4n) is 2.24. The number of amides is 1. The SMILES string of the molecule is O=C(Cc1cccc(O)c1)Nc1n[nH]c2c1COCC2. The minimum absolute atomic E-state index is 0.154. The van der Waals surface area contributed by atoms with Gasteiger partial charge in [0, 0.05) is 17.7 Å². The number of carbonyl (C=O) groups is 1. The number of H-pyrrole nitrogens is 1. The van der Waals surface area contributed by atoms with E-state index in [0.29, 0.717) is 19.0 Å². The number of hydrogen-bond donors (Lipinski definition) is 3. The monoisotopic (exact) mass is 273 g/mol. The molecule has 1 aromatic heterocycles. The topological polar surface area (TPSA) is 87.2 Å². The van der Waals surface area contributed by atoms with Crippen LogP contribution >= 0.6 is 0 Å². The quantitative estimate of drug-likeness (QED) is 0.788. The van der Waals surface area contributed by atoms with Crippen LogP contribution in [0.15, 0.2) is 24.3 Å². The van der Waals surface area contributed by atoms with Crippen LogP contribution in [0.3, 0.4) is 0 Å². The molecule has 3 N–H and O–H groups in total. The second-order valence-corrected chi connectivity index (χ2v) is 4.73. The maximum absolute atomic E-state index is 12.0. The van der Waals surface area contributed by atoms with Crippen molar-refractivity contribution in [3.8, 4) is 5.75 Å². The number of anilines is 1. The lowest BCUT2D eigenvalue weighted by Gasteiger charge is -2.12. The van der Waals surface area contributed by atoms with Crippen molar-refractivity contribution < 1.29 is 14.6 Å². The summed E-state index contributed by atoms with van der Waals surface area (Å²) < 4.78 is 5.37. The zero-order valence-electron chi connectivity index (χ0n) is 10.8. The molecule has 1 aliphatic heterocycles. The molecule has 0 bridgehead atoms. The minimum Gasteiger partial charge on any atom is -0.508 e. The van der Waals surface area contributed by atoms with Gasteiger partial charge in [0.15, 0.2) is 5.82 Å². The third-order valence-corrected chi connectivity index (χ3v) is 3.23. The van der Waals surface area contributed by atoms with Crippen LogP contribution in [-0.4, -0.2) is 27.8 Å². The molecule has 0 unspecified atom stereocenters. The van der Waals surface area contributed by atoms with Crippen LogP contribution in [0.1, 0.15) is 16.8 Å². The molecular formula is C14H15N3O3. The first kappa shape index (κ1) is 12.7. The number of benzene rings is 1. The molecule has 0 saturated heterocycles. The maximum atomic E-state index is 12.0. The molecule has 1 aromatic carbocycles. The molecule has 2 aromatic rings. The second kappa shape index (κ2) is 5.34. The number of carbonyl (C=O) groups excluding carboxylic acids is 1. The Kier molecular flexibility index (Phi) is 3.39. The van der Waals surface area contributed by atoms with Crippen molar-refractivity contribution in [3.05, 3.63) is 41.1 Å². The van der Waals surface area contributed by atoms with E-state index < -0.39 is 0 Å². The molecule has 6 heteroatoms. The lowest BCUT2D eigenvalue weighted by Crippen LogP contribution is -2.17. The van der Waals surface area contributed by atoms with Gasteiger partial charge in [-0.05, 0) is 17.7 Å². The standard InChI is InChI=1S/C14H15N3O3/c18-10-3-1-2-9(6-10)7-13(19)15-14-11-8-20-5-4-12(11)16-17-14/h1-3,6,18H,4-5,7-8H2,(H2,15,16,17,19). The van der Waals surface area contributed by atoms with Crippen molar-refractivity contribution in [2.75, 3.05) is 11.9 Å².